The minimum Gasteiger partial charge on any atom is -0.467 e. The Labute approximate surface area is 160 Å². The molecule has 0 fully saturated rings. The topological polar surface area (TPSA) is 64.1 Å². The number of ether oxygens (including phenoxy) is 1. The first kappa shape index (κ1) is 17.9. The van der Waals surface area contributed by atoms with Gasteiger partial charge >= 0.3 is 0 Å². The molecule has 2 aromatic heterocycles. The van der Waals surface area contributed by atoms with Crippen LogP contribution in [-0.2, 0) is 24.1 Å². The highest BCUT2D eigenvalue weighted by atomic mass is 32.1. The molecule has 0 radical (unpaired) electrons. The number of halogens is 1. The monoisotopic (exact) mass is 385 g/mol. The fraction of sp³-hybridized carbons (Fsp3) is 0.350. The van der Waals surface area contributed by atoms with Crippen LogP contribution in [0.3, 0.4) is 0 Å². The minimum absolute atomic E-state index is 0.0837. The Morgan fingerprint density at radius 2 is 2.07 bits per heavy atom. The van der Waals surface area contributed by atoms with Crippen LogP contribution in [0.4, 0.5) is 4.39 Å². The quantitative estimate of drug-likeness (QED) is 0.707. The fourth-order valence-corrected chi connectivity index (χ4v) is 4.65. The third kappa shape index (κ3) is 3.93. The Kier molecular flexibility index (Phi) is 5.03. The number of carbonyl (C=O) groups excluding carboxylic acids is 1. The van der Waals surface area contributed by atoms with Crippen LogP contribution in [0.1, 0.15) is 28.2 Å². The SMILES string of the molecule is Cc1nc(OCC(=O)NCCc2ccc(F)cc2)c2c3c(sc2n1)CCC3. The van der Waals surface area contributed by atoms with Gasteiger partial charge in [0, 0.05) is 11.4 Å². The van der Waals surface area contributed by atoms with Gasteiger partial charge < -0.3 is 10.1 Å². The van der Waals surface area contributed by atoms with E-state index in [0.29, 0.717) is 24.7 Å². The van der Waals surface area contributed by atoms with Crippen LogP contribution in [-0.4, -0.2) is 29.0 Å². The summed E-state index contributed by atoms with van der Waals surface area (Å²) in [5.41, 5.74) is 2.25. The van der Waals surface area contributed by atoms with E-state index in [4.69, 9.17) is 4.74 Å². The van der Waals surface area contributed by atoms with Gasteiger partial charge in [0.25, 0.3) is 5.91 Å². The first-order valence-electron chi connectivity index (χ1n) is 9.03. The zero-order valence-electron chi connectivity index (χ0n) is 15.0. The van der Waals surface area contributed by atoms with Gasteiger partial charge in [-0.1, -0.05) is 12.1 Å². The molecule has 0 saturated carbocycles. The number of fused-ring (bicyclic) bond motifs is 3. The molecule has 4 rings (SSSR count). The fourth-order valence-electron chi connectivity index (χ4n) is 3.35. The molecule has 5 nitrogen and oxygen atoms in total. The molecule has 0 unspecified atom stereocenters. The summed E-state index contributed by atoms with van der Waals surface area (Å²) in [5.74, 6) is 0.690. The number of carbonyl (C=O) groups is 1. The van der Waals surface area contributed by atoms with Gasteiger partial charge in [-0.15, -0.1) is 11.3 Å². The van der Waals surface area contributed by atoms with Gasteiger partial charge in [0.15, 0.2) is 6.61 Å². The number of thiophene rings is 1. The lowest BCUT2D eigenvalue weighted by atomic mass is 10.1. The molecule has 1 amide bonds. The van der Waals surface area contributed by atoms with Crippen LogP contribution >= 0.6 is 11.3 Å². The summed E-state index contributed by atoms with van der Waals surface area (Å²) in [6.45, 7) is 2.22. The number of aromatic nitrogens is 2. The lowest BCUT2D eigenvalue weighted by Gasteiger charge is -2.09. The number of rotatable bonds is 6. The van der Waals surface area contributed by atoms with Crippen molar-refractivity contribution in [3.8, 4) is 5.88 Å². The maximum Gasteiger partial charge on any atom is 0.258 e. The van der Waals surface area contributed by atoms with Gasteiger partial charge in [0.05, 0.1) is 5.39 Å². The van der Waals surface area contributed by atoms with E-state index >= 15 is 0 Å². The van der Waals surface area contributed by atoms with Gasteiger partial charge in [-0.3, -0.25) is 4.79 Å². The van der Waals surface area contributed by atoms with Crippen molar-refractivity contribution in [2.75, 3.05) is 13.2 Å². The van der Waals surface area contributed by atoms with E-state index in [9.17, 15) is 9.18 Å². The summed E-state index contributed by atoms with van der Waals surface area (Å²) in [6, 6.07) is 6.27. The molecule has 1 aromatic carbocycles. The van der Waals surface area contributed by atoms with E-state index in [2.05, 4.69) is 15.3 Å². The highest BCUT2D eigenvalue weighted by molar-refractivity contribution is 7.19. The smallest absolute Gasteiger partial charge is 0.258 e. The molecule has 140 valence electrons. The second-order valence-electron chi connectivity index (χ2n) is 6.63. The van der Waals surface area contributed by atoms with Crippen LogP contribution in [0.15, 0.2) is 24.3 Å². The van der Waals surface area contributed by atoms with Crippen LogP contribution in [0, 0.1) is 12.7 Å². The zero-order valence-corrected chi connectivity index (χ0v) is 15.9. The third-order valence-electron chi connectivity index (χ3n) is 4.63. The largest absolute Gasteiger partial charge is 0.467 e. The van der Waals surface area contributed by atoms with Gasteiger partial charge in [-0.2, -0.15) is 4.98 Å². The third-order valence-corrected chi connectivity index (χ3v) is 5.82. The van der Waals surface area contributed by atoms with E-state index in [-0.39, 0.29) is 18.3 Å². The number of hydrogen-bond donors (Lipinski definition) is 1. The van der Waals surface area contributed by atoms with Gasteiger partial charge in [-0.25, -0.2) is 9.37 Å². The highest BCUT2D eigenvalue weighted by Crippen LogP contribution is 2.40. The molecule has 27 heavy (non-hydrogen) atoms. The Balaban J connectivity index is 1.37. The van der Waals surface area contributed by atoms with Crippen molar-refractivity contribution in [2.45, 2.75) is 32.6 Å². The second kappa shape index (κ2) is 7.60. The average molecular weight is 385 g/mol. The van der Waals surface area contributed by atoms with E-state index in [1.54, 1.807) is 23.5 Å². The van der Waals surface area contributed by atoms with Gasteiger partial charge in [0.2, 0.25) is 5.88 Å². The van der Waals surface area contributed by atoms with Crippen molar-refractivity contribution in [3.05, 3.63) is 51.9 Å². The Morgan fingerprint density at radius 1 is 1.26 bits per heavy atom. The number of hydrogen-bond acceptors (Lipinski definition) is 5. The van der Waals surface area contributed by atoms with Crippen LogP contribution in [0.2, 0.25) is 0 Å². The molecular formula is C20H20FN3O2S. The van der Waals surface area contributed by atoms with Crippen molar-refractivity contribution in [1.29, 1.82) is 0 Å². The van der Waals surface area contributed by atoms with Crippen LogP contribution < -0.4 is 10.1 Å². The molecule has 3 aromatic rings. The number of nitrogens with zero attached hydrogens (tertiary/aromatic N) is 2. The average Bonchev–Trinajstić information content (AvgIpc) is 3.22. The minimum atomic E-state index is -0.262. The summed E-state index contributed by atoms with van der Waals surface area (Å²) >= 11 is 1.70. The predicted molar refractivity (Wildman–Crippen MR) is 103 cm³/mol. The lowest BCUT2D eigenvalue weighted by molar-refractivity contribution is -0.123. The molecular weight excluding hydrogens is 365 g/mol. The number of amides is 1. The van der Waals surface area contributed by atoms with Crippen LogP contribution in [0.5, 0.6) is 5.88 Å². The summed E-state index contributed by atoms with van der Waals surface area (Å²) in [7, 11) is 0. The van der Waals surface area contributed by atoms with Crippen molar-refractivity contribution in [1.82, 2.24) is 15.3 Å². The number of aryl methyl sites for hydroxylation is 3. The Hall–Kier alpha value is -2.54. The maximum atomic E-state index is 12.9. The summed E-state index contributed by atoms with van der Waals surface area (Å²) in [6.07, 6.45) is 3.88. The highest BCUT2D eigenvalue weighted by Gasteiger charge is 2.23. The number of benzene rings is 1. The summed E-state index contributed by atoms with van der Waals surface area (Å²) < 4.78 is 18.7. The van der Waals surface area contributed by atoms with E-state index in [1.165, 1.54) is 22.6 Å². The maximum absolute atomic E-state index is 12.9. The molecule has 7 heteroatoms. The van der Waals surface area contributed by atoms with Gasteiger partial charge in [0.1, 0.15) is 16.5 Å². The zero-order chi connectivity index (χ0) is 18.8. The molecule has 1 N–H and O–H groups in total. The van der Waals surface area contributed by atoms with Crippen molar-refractivity contribution >= 4 is 27.5 Å². The summed E-state index contributed by atoms with van der Waals surface area (Å²) in [4.78, 5) is 23.4. The first-order chi connectivity index (χ1) is 13.1. The van der Waals surface area contributed by atoms with E-state index < -0.39 is 0 Å². The van der Waals surface area contributed by atoms with Crippen molar-refractivity contribution in [3.63, 3.8) is 0 Å². The molecule has 0 saturated heterocycles. The summed E-state index contributed by atoms with van der Waals surface area (Å²) in [5, 5.41) is 3.80. The predicted octanol–water partition coefficient (Wildman–Crippen LogP) is 3.37. The normalized spacial score (nSPS) is 13.0. The lowest BCUT2D eigenvalue weighted by Crippen LogP contribution is -2.30. The van der Waals surface area contributed by atoms with Crippen LogP contribution in [0.25, 0.3) is 10.2 Å². The number of nitrogens with one attached hydrogen (secondary N) is 1. The van der Waals surface area contributed by atoms with E-state index in [0.717, 1.165) is 35.0 Å². The van der Waals surface area contributed by atoms with Crippen molar-refractivity contribution < 1.29 is 13.9 Å². The van der Waals surface area contributed by atoms with Gasteiger partial charge in [-0.05, 0) is 55.9 Å². The molecule has 0 atom stereocenters. The van der Waals surface area contributed by atoms with Crippen molar-refractivity contribution in [2.24, 2.45) is 0 Å². The molecule has 1 aliphatic rings. The molecule has 2 heterocycles. The molecule has 0 spiro atoms. The molecule has 0 aliphatic heterocycles. The molecule has 0 bridgehead atoms. The first-order valence-corrected chi connectivity index (χ1v) is 9.84. The van der Waals surface area contributed by atoms with E-state index in [1.807, 2.05) is 6.92 Å². The second-order valence-corrected chi connectivity index (χ2v) is 7.71. The Morgan fingerprint density at radius 3 is 2.89 bits per heavy atom. The molecule has 1 aliphatic carbocycles. The Bertz CT molecular complexity index is 985. The standard InChI is InChI=1S/C20H20FN3O2S/c1-12-23-19(18-15-3-2-4-16(15)27-20(18)24-12)26-11-17(25)22-10-9-13-5-7-14(21)8-6-13/h5-8H,2-4,9-11H2,1H3,(H,22,25).